The van der Waals surface area contributed by atoms with Gasteiger partial charge in [0.1, 0.15) is 6.04 Å². The quantitative estimate of drug-likeness (QED) is 0.790. The summed E-state index contributed by atoms with van der Waals surface area (Å²) in [6.07, 6.45) is -1.30. The van der Waals surface area contributed by atoms with E-state index < -0.39 is 30.7 Å². The fourth-order valence-corrected chi connectivity index (χ4v) is 2.12. The van der Waals surface area contributed by atoms with Gasteiger partial charge in [0.2, 0.25) is 5.91 Å². The topological polar surface area (TPSA) is 55.4 Å². The van der Waals surface area contributed by atoms with Gasteiger partial charge < -0.3 is 10.1 Å². The summed E-state index contributed by atoms with van der Waals surface area (Å²) in [5.74, 6) is -1.58. The lowest BCUT2D eigenvalue weighted by Crippen LogP contribution is -2.46. The third-order valence-corrected chi connectivity index (χ3v) is 2.86. The Labute approximate surface area is 103 Å². The van der Waals surface area contributed by atoms with Gasteiger partial charge in [0.05, 0.1) is 0 Å². The van der Waals surface area contributed by atoms with Gasteiger partial charge in [-0.15, -0.1) is 0 Å². The van der Waals surface area contributed by atoms with Crippen molar-refractivity contribution in [3.63, 3.8) is 0 Å². The minimum atomic E-state index is -4.55. The van der Waals surface area contributed by atoms with Gasteiger partial charge in [-0.2, -0.15) is 13.2 Å². The molecule has 18 heavy (non-hydrogen) atoms. The molecule has 0 spiro atoms. The van der Waals surface area contributed by atoms with Crippen molar-refractivity contribution in [2.75, 3.05) is 6.61 Å². The highest BCUT2D eigenvalue weighted by molar-refractivity contribution is 5.83. The molecule has 1 unspecified atom stereocenters. The number of amides is 1. The minimum Gasteiger partial charge on any atom is -0.454 e. The largest absolute Gasteiger partial charge is 0.454 e. The van der Waals surface area contributed by atoms with Crippen LogP contribution >= 0.6 is 0 Å². The molecule has 104 valence electrons. The number of carbonyl (C=O) groups is 2. The number of hydrogen-bond donors (Lipinski definition) is 1. The fourth-order valence-electron chi connectivity index (χ4n) is 2.12. The molecule has 0 aliphatic heterocycles. The van der Waals surface area contributed by atoms with Gasteiger partial charge in [-0.1, -0.05) is 12.8 Å². The zero-order valence-corrected chi connectivity index (χ0v) is 10.0. The highest BCUT2D eigenvalue weighted by Gasteiger charge is 2.35. The predicted molar refractivity (Wildman–Crippen MR) is 56.6 cm³/mol. The fraction of sp³-hybridized carbons (Fsp3) is 0.818. The lowest BCUT2D eigenvalue weighted by Gasteiger charge is -2.22. The molecule has 4 nitrogen and oxygen atoms in total. The monoisotopic (exact) mass is 267 g/mol. The van der Waals surface area contributed by atoms with Crippen LogP contribution in [0.25, 0.3) is 0 Å². The lowest BCUT2D eigenvalue weighted by molar-refractivity contribution is -0.188. The Kier molecular flexibility index (Phi) is 4.98. The van der Waals surface area contributed by atoms with Crippen molar-refractivity contribution in [2.24, 2.45) is 5.92 Å². The molecule has 0 aromatic carbocycles. The van der Waals surface area contributed by atoms with Crippen molar-refractivity contribution < 1.29 is 27.5 Å². The third-order valence-electron chi connectivity index (χ3n) is 2.86. The summed E-state index contributed by atoms with van der Waals surface area (Å²) in [5, 5.41) is 2.38. The minimum absolute atomic E-state index is 0.130. The normalized spacial score (nSPS) is 18.4. The molecule has 1 N–H and O–H groups in total. The molecule has 1 rings (SSSR count). The first-order chi connectivity index (χ1) is 8.29. The highest BCUT2D eigenvalue weighted by atomic mass is 19.4. The zero-order valence-electron chi connectivity index (χ0n) is 10.0. The maximum Gasteiger partial charge on any atom is 0.422 e. The van der Waals surface area contributed by atoms with Crippen LogP contribution in [0.5, 0.6) is 0 Å². The number of alkyl halides is 3. The van der Waals surface area contributed by atoms with Crippen LogP contribution in [0.15, 0.2) is 0 Å². The van der Waals surface area contributed by atoms with Crippen LogP contribution in [0.2, 0.25) is 0 Å². The van der Waals surface area contributed by atoms with E-state index in [1.165, 1.54) is 6.92 Å². The van der Waals surface area contributed by atoms with E-state index in [1.807, 2.05) is 0 Å². The average molecular weight is 267 g/mol. The number of esters is 1. The molecule has 0 radical (unpaired) electrons. The Bertz CT molecular complexity index is 311. The summed E-state index contributed by atoms with van der Waals surface area (Å²) in [6.45, 7) is -0.395. The smallest absolute Gasteiger partial charge is 0.422 e. The van der Waals surface area contributed by atoms with Gasteiger partial charge >= 0.3 is 12.1 Å². The third kappa shape index (κ3) is 4.93. The molecule has 0 bridgehead atoms. The van der Waals surface area contributed by atoms with Crippen molar-refractivity contribution in [3.8, 4) is 0 Å². The Morgan fingerprint density at radius 3 is 2.33 bits per heavy atom. The van der Waals surface area contributed by atoms with Crippen LogP contribution in [0.4, 0.5) is 13.2 Å². The standard InChI is InChI=1S/C11H16F3NO3/c1-7(16)15-9(8-4-2-3-5-8)10(17)18-6-11(12,13)14/h8-9H,2-6H2,1H3,(H,15,16). The molecule has 1 saturated carbocycles. The van der Waals surface area contributed by atoms with Crippen LogP contribution in [-0.4, -0.2) is 30.7 Å². The van der Waals surface area contributed by atoms with E-state index in [4.69, 9.17) is 0 Å². The van der Waals surface area contributed by atoms with Gasteiger partial charge in [0.25, 0.3) is 0 Å². The van der Waals surface area contributed by atoms with E-state index >= 15 is 0 Å². The Hall–Kier alpha value is -1.27. The van der Waals surface area contributed by atoms with Crippen molar-refractivity contribution in [3.05, 3.63) is 0 Å². The van der Waals surface area contributed by atoms with E-state index in [1.54, 1.807) is 0 Å². The number of rotatable bonds is 4. The van der Waals surface area contributed by atoms with Crippen LogP contribution in [0.3, 0.4) is 0 Å². The maximum absolute atomic E-state index is 12.0. The van der Waals surface area contributed by atoms with Crippen molar-refractivity contribution in [1.82, 2.24) is 5.32 Å². The Balaban J connectivity index is 2.58. The first kappa shape index (κ1) is 14.8. The molecular formula is C11H16F3NO3. The molecule has 1 atom stereocenters. The Morgan fingerprint density at radius 1 is 1.33 bits per heavy atom. The molecule has 1 amide bonds. The Morgan fingerprint density at radius 2 is 1.89 bits per heavy atom. The predicted octanol–water partition coefficient (Wildman–Crippen LogP) is 1.79. The van der Waals surface area contributed by atoms with Crippen molar-refractivity contribution >= 4 is 11.9 Å². The molecule has 0 saturated heterocycles. The average Bonchev–Trinajstić information content (AvgIpc) is 2.74. The molecule has 0 aromatic rings. The SMILES string of the molecule is CC(=O)NC(C(=O)OCC(F)(F)F)C1CCCC1. The maximum atomic E-state index is 12.0. The second kappa shape index (κ2) is 6.06. The number of halogens is 3. The van der Waals surface area contributed by atoms with Crippen molar-refractivity contribution in [2.45, 2.75) is 44.8 Å². The second-order valence-corrected chi connectivity index (χ2v) is 4.45. The molecule has 0 heterocycles. The van der Waals surface area contributed by atoms with E-state index in [0.717, 1.165) is 12.8 Å². The van der Waals surface area contributed by atoms with E-state index in [-0.39, 0.29) is 5.92 Å². The van der Waals surface area contributed by atoms with Gasteiger partial charge in [-0.25, -0.2) is 4.79 Å². The highest BCUT2D eigenvalue weighted by Crippen LogP contribution is 2.28. The number of ether oxygens (including phenoxy) is 1. The summed E-state index contributed by atoms with van der Waals surface area (Å²) >= 11 is 0. The molecule has 1 fully saturated rings. The van der Waals surface area contributed by atoms with Gasteiger partial charge in [-0.05, 0) is 18.8 Å². The molecular weight excluding hydrogens is 251 g/mol. The zero-order chi connectivity index (χ0) is 13.8. The molecule has 1 aliphatic rings. The van der Waals surface area contributed by atoms with Crippen molar-refractivity contribution in [1.29, 1.82) is 0 Å². The van der Waals surface area contributed by atoms with Crippen LogP contribution < -0.4 is 5.32 Å². The van der Waals surface area contributed by atoms with Crippen LogP contribution in [0.1, 0.15) is 32.6 Å². The van der Waals surface area contributed by atoms with Crippen LogP contribution in [-0.2, 0) is 14.3 Å². The number of nitrogens with one attached hydrogen (secondary N) is 1. The molecule has 1 aliphatic carbocycles. The lowest BCUT2D eigenvalue weighted by atomic mass is 9.98. The summed E-state index contributed by atoms with van der Waals surface area (Å²) in [6, 6.07) is -0.965. The van der Waals surface area contributed by atoms with E-state index in [9.17, 15) is 22.8 Å². The number of hydrogen-bond acceptors (Lipinski definition) is 3. The molecule has 7 heteroatoms. The van der Waals surface area contributed by atoms with Gasteiger partial charge in [-0.3, -0.25) is 4.79 Å². The van der Waals surface area contributed by atoms with Gasteiger partial charge in [0, 0.05) is 6.92 Å². The summed E-state index contributed by atoms with van der Waals surface area (Å²) < 4.78 is 40.1. The summed E-state index contributed by atoms with van der Waals surface area (Å²) in [7, 11) is 0. The van der Waals surface area contributed by atoms with E-state index in [2.05, 4.69) is 10.1 Å². The first-order valence-corrected chi connectivity index (χ1v) is 5.80. The van der Waals surface area contributed by atoms with Gasteiger partial charge in [0.15, 0.2) is 6.61 Å². The molecule has 0 aromatic heterocycles. The second-order valence-electron chi connectivity index (χ2n) is 4.45. The van der Waals surface area contributed by atoms with Crippen LogP contribution in [0, 0.1) is 5.92 Å². The summed E-state index contributed by atoms with van der Waals surface area (Å²) in [4.78, 5) is 22.6. The van der Waals surface area contributed by atoms with E-state index in [0.29, 0.717) is 12.8 Å². The summed E-state index contributed by atoms with van der Waals surface area (Å²) in [5.41, 5.74) is 0. The first-order valence-electron chi connectivity index (χ1n) is 5.80. The number of carbonyl (C=O) groups excluding carboxylic acids is 2.